The second-order valence-corrected chi connectivity index (χ2v) is 8.11. The molecule has 6 heteroatoms. The van der Waals surface area contributed by atoms with Crippen molar-refractivity contribution < 1.29 is 17.5 Å². The van der Waals surface area contributed by atoms with Crippen LogP contribution in [0.15, 0.2) is 22.7 Å². The zero-order valence-corrected chi connectivity index (χ0v) is 13.0. The second-order valence-electron chi connectivity index (χ2n) is 4.93. The van der Waals surface area contributed by atoms with Crippen molar-refractivity contribution >= 4 is 25.8 Å². The van der Waals surface area contributed by atoms with E-state index in [2.05, 4.69) is 15.9 Å². The molecular formula is C13H16BrFO3S. The zero-order valence-electron chi connectivity index (χ0n) is 10.6. The van der Waals surface area contributed by atoms with Crippen LogP contribution in [0.5, 0.6) is 5.75 Å². The van der Waals surface area contributed by atoms with Gasteiger partial charge in [-0.15, -0.1) is 0 Å². The highest BCUT2D eigenvalue weighted by Crippen LogP contribution is 2.29. The Morgan fingerprint density at radius 2 is 2.11 bits per heavy atom. The SMILES string of the molecule is CS(=O)(=O)C1CCCC(Oc2ccc(F)c(Br)c2)C1. The summed E-state index contributed by atoms with van der Waals surface area (Å²) in [7, 11) is -3.02. The zero-order chi connectivity index (χ0) is 14.0. The Balaban J connectivity index is 2.04. The molecule has 2 unspecified atom stereocenters. The van der Waals surface area contributed by atoms with Crippen molar-refractivity contribution in [1.29, 1.82) is 0 Å². The van der Waals surface area contributed by atoms with E-state index in [1.807, 2.05) is 0 Å². The Labute approximate surface area is 121 Å². The van der Waals surface area contributed by atoms with Crippen molar-refractivity contribution in [1.82, 2.24) is 0 Å². The summed E-state index contributed by atoms with van der Waals surface area (Å²) in [5.41, 5.74) is 0. The van der Waals surface area contributed by atoms with Crippen LogP contribution >= 0.6 is 15.9 Å². The molecule has 0 radical (unpaired) electrons. The summed E-state index contributed by atoms with van der Waals surface area (Å²) in [6.07, 6.45) is 4.03. The third kappa shape index (κ3) is 3.92. The Hall–Kier alpha value is -0.620. The lowest BCUT2D eigenvalue weighted by Gasteiger charge is -2.28. The highest BCUT2D eigenvalue weighted by atomic mass is 79.9. The molecule has 3 nitrogen and oxygen atoms in total. The smallest absolute Gasteiger partial charge is 0.150 e. The topological polar surface area (TPSA) is 43.4 Å². The van der Waals surface area contributed by atoms with Gasteiger partial charge in [-0.1, -0.05) is 0 Å². The highest BCUT2D eigenvalue weighted by Gasteiger charge is 2.29. The Morgan fingerprint density at radius 3 is 2.74 bits per heavy atom. The van der Waals surface area contributed by atoms with Crippen LogP contribution in [0.2, 0.25) is 0 Å². The van der Waals surface area contributed by atoms with E-state index in [-0.39, 0.29) is 17.2 Å². The predicted molar refractivity (Wildman–Crippen MR) is 75.6 cm³/mol. The van der Waals surface area contributed by atoms with Gasteiger partial charge in [-0.05, 0) is 53.4 Å². The molecule has 0 bridgehead atoms. The van der Waals surface area contributed by atoms with Gasteiger partial charge in [0.1, 0.15) is 21.4 Å². The van der Waals surface area contributed by atoms with E-state index in [0.29, 0.717) is 23.1 Å². The fraction of sp³-hybridized carbons (Fsp3) is 0.538. The highest BCUT2D eigenvalue weighted by molar-refractivity contribution is 9.10. The van der Waals surface area contributed by atoms with Crippen LogP contribution in [0.4, 0.5) is 4.39 Å². The van der Waals surface area contributed by atoms with E-state index in [1.165, 1.54) is 12.3 Å². The molecule has 1 aliphatic rings. The third-order valence-corrected chi connectivity index (χ3v) is 5.62. The average molecular weight is 351 g/mol. The molecule has 1 aromatic carbocycles. The van der Waals surface area contributed by atoms with Gasteiger partial charge in [0.25, 0.3) is 0 Å². The first-order valence-corrected chi connectivity index (χ1v) is 8.91. The van der Waals surface area contributed by atoms with Crippen molar-refractivity contribution in [3.63, 3.8) is 0 Å². The number of halogens is 2. The lowest BCUT2D eigenvalue weighted by Crippen LogP contribution is -2.33. The van der Waals surface area contributed by atoms with Crippen molar-refractivity contribution in [2.24, 2.45) is 0 Å². The largest absolute Gasteiger partial charge is 0.490 e. The van der Waals surface area contributed by atoms with Crippen molar-refractivity contribution in [3.05, 3.63) is 28.5 Å². The maximum Gasteiger partial charge on any atom is 0.150 e. The summed E-state index contributed by atoms with van der Waals surface area (Å²) in [6, 6.07) is 4.46. The first kappa shape index (κ1) is 14.8. The van der Waals surface area contributed by atoms with Gasteiger partial charge in [0.05, 0.1) is 15.8 Å². The first-order chi connectivity index (χ1) is 8.86. The molecule has 19 heavy (non-hydrogen) atoms. The summed E-state index contributed by atoms with van der Waals surface area (Å²) in [5, 5.41) is -0.324. The summed E-state index contributed by atoms with van der Waals surface area (Å²) in [6.45, 7) is 0. The van der Waals surface area contributed by atoms with E-state index >= 15 is 0 Å². The molecule has 0 heterocycles. The molecule has 2 rings (SSSR count). The molecule has 2 atom stereocenters. The van der Waals surface area contributed by atoms with Crippen molar-refractivity contribution in [2.45, 2.75) is 37.0 Å². The first-order valence-electron chi connectivity index (χ1n) is 6.17. The van der Waals surface area contributed by atoms with E-state index in [0.717, 1.165) is 12.8 Å². The molecule has 0 amide bonds. The summed E-state index contributed by atoms with van der Waals surface area (Å²) in [4.78, 5) is 0. The maximum absolute atomic E-state index is 13.1. The molecule has 106 valence electrons. The lowest BCUT2D eigenvalue weighted by molar-refractivity contribution is 0.156. The number of benzene rings is 1. The van der Waals surface area contributed by atoms with Gasteiger partial charge in [-0.2, -0.15) is 0 Å². The van der Waals surface area contributed by atoms with Gasteiger partial charge in [0.15, 0.2) is 0 Å². The molecular weight excluding hydrogens is 335 g/mol. The summed E-state index contributed by atoms with van der Waals surface area (Å²) in [5.74, 6) is 0.220. The Kier molecular flexibility index (Phi) is 4.50. The third-order valence-electron chi connectivity index (χ3n) is 3.38. The van der Waals surface area contributed by atoms with Crippen molar-refractivity contribution in [3.8, 4) is 5.75 Å². The van der Waals surface area contributed by atoms with Gasteiger partial charge in [-0.25, -0.2) is 12.8 Å². The molecule has 0 N–H and O–H groups in total. The van der Waals surface area contributed by atoms with Crippen LogP contribution in [0.1, 0.15) is 25.7 Å². The molecule has 0 aromatic heterocycles. The minimum Gasteiger partial charge on any atom is -0.490 e. The van der Waals surface area contributed by atoms with Crippen molar-refractivity contribution in [2.75, 3.05) is 6.26 Å². The molecule has 0 aliphatic heterocycles. The standard InChI is InChI=1S/C13H16BrFO3S/c1-19(16,17)11-4-2-3-9(7-11)18-10-5-6-13(15)12(14)8-10/h5-6,8-9,11H,2-4,7H2,1H3. The predicted octanol–water partition coefficient (Wildman–Crippen LogP) is 3.32. The van der Waals surface area contributed by atoms with Gasteiger partial charge < -0.3 is 4.74 Å². The van der Waals surface area contributed by atoms with E-state index < -0.39 is 9.84 Å². The van der Waals surface area contributed by atoms with Crippen LogP contribution in [0.25, 0.3) is 0 Å². The number of sulfone groups is 1. The lowest BCUT2D eigenvalue weighted by atomic mass is 9.97. The van der Waals surface area contributed by atoms with Gasteiger partial charge in [-0.3, -0.25) is 0 Å². The molecule has 1 aliphatic carbocycles. The minimum absolute atomic E-state index is 0.120. The molecule has 1 fully saturated rings. The van der Waals surface area contributed by atoms with Gasteiger partial charge >= 0.3 is 0 Å². The fourth-order valence-corrected chi connectivity index (χ4v) is 3.86. The van der Waals surface area contributed by atoms with Crippen LogP contribution in [-0.2, 0) is 9.84 Å². The number of hydrogen-bond donors (Lipinski definition) is 0. The normalized spacial score (nSPS) is 24.2. The van der Waals surface area contributed by atoms with Gasteiger partial charge in [0, 0.05) is 12.7 Å². The molecule has 1 saturated carbocycles. The Morgan fingerprint density at radius 1 is 1.37 bits per heavy atom. The van der Waals surface area contributed by atoms with E-state index in [1.54, 1.807) is 12.1 Å². The quantitative estimate of drug-likeness (QED) is 0.839. The number of hydrogen-bond acceptors (Lipinski definition) is 3. The monoisotopic (exact) mass is 350 g/mol. The Bertz CT molecular complexity index is 559. The molecule has 0 spiro atoms. The summed E-state index contributed by atoms with van der Waals surface area (Å²) >= 11 is 3.10. The van der Waals surface area contributed by atoms with E-state index in [9.17, 15) is 12.8 Å². The van der Waals surface area contributed by atoms with Crippen LogP contribution in [-0.4, -0.2) is 26.0 Å². The van der Waals surface area contributed by atoms with Crippen LogP contribution < -0.4 is 4.74 Å². The number of rotatable bonds is 3. The fourth-order valence-electron chi connectivity index (χ4n) is 2.34. The summed E-state index contributed by atoms with van der Waals surface area (Å²) < 4.78 is 42.4. The van der Waals surface area contributed by atoms with E-state index in [4.69, 9.17) is 4.74 Å². The molecule has 0 saturated heterocycles. The average Bonchev–Trinajstić information content (AvgIpc) is 2.33. The minimum atomic E-state index is -3.02. The van der Waals surface area contributed by atoms with Gasteiger partial charge in [0.2, 0.25) is 0 Å². The maximum atomic E-state index is 13.1. The van der Waals surface area contributed by atoms with Crippen LogP contribution in [0.3, 0.4) is 0 Å². The van der Waals surface area contributed by atoms with Crippen LogP contribution in [0, 0.1) is 5.82 Å². The number of ether oxygens (including phenoxy) is 1. The second kappa shape index (κ2) is 5.79. The molecule has 1 aromatic rings.